The van der Waals surface area contributed by atoms with E-state index >= 15 is 0 Å². The summed E-state index contributed by atoms with van der Waals surface area (Å²) in [6.07, 6.45) is 0. The zero-order valence-electron chi connectivity index (χ0n) is 16.1. The maximum atomic E-state index is 13.4. The fraction of sp³-hybridized carbons (Fsp3) is 0.0909. The number of rotatable bonds is 1. The van der Waals surface area contributed by atoms with E-state index in [2.05, 4.69) is 4.98 Å². The average molecular weight is 420 g/mol. The Morgan fingerprint density at radius 1 is 0.900 bits per heavy atom. The van der Waals surface area contributed by atoms with Crippen LogP contribution in [0, 0.1) is 6.92 Å². The molecule has 2 heterocycles. The minimum atomic E-state index is -4.85. The van der Waals surface area contributed by atoms with Crippen LogP contribution in [0.15, 0.2) is 63.0 Å². The van der Waals surface area contributed by atoms with Gasteiger partial charge < -0.3 is 9.55 Å². The van der Waals surface area contributed by atoms with Gasteiger partial charge in [-0.2, -0.15) is 8.42 Å². The number of hydrogen-bond acceptors (Lipinski definition) is 4. The number of para-hydroxylation sites is 1. The zero-order valence-corrected chi connectivity index (χ0v) is 16.9. The van der Waals surface area contributed by atoms with Gasteiger partial charge in [-0.15, -0.1) is 0 Å². The summed E-state index contributed by atoms with van der Waals surface area (Å²) in [5.41, 5.74) is 0.960. The van der Waals surface area contributed by atoms with Gasteiger partial charge >= 0.3 is 0 Å². The van der Waals surface area contributed by atoms with Crippen molar-refractivity contribution in [3.63, 3.8) is 0 Å². The van der Waals surface area contributed by atoms with Crippen LogP contribution in [0.2, 0.25) is 0 Å². The van der Waals surface area contributed by atoms with E-state index < -0.39 is 20.4 Å². The lowest BCUT2D eigenvalue weighted by Crippen LogP contribution is -2.17. The Labute approximate surface area is 169 Å². The van der Waals surface area contributed by atoms with Gasteiger partial charge in [0.15, 0.2) is 10.9 Å². The number of benzene rings is 3. The molecule has 0 radical (unpaired) electrons. The number of fused-ring (bicyclic) bond motifs is 4. The molecule has 0 amide bonds. The second-order valence-corrected chi connectivity index (χ2v) is 8.71. The molecule has 0 aliphatic carbocycles. The smallest absolute Gasteiger partial charge is 0.297 e. The molecule has 3 aromatic carbocycles. The first-order chi connectivity index (χ1) is 14.2. The highest BCUT2D eigenvalue weighted by Gasteiger charge is 2.26. The fourth-order valence-electron chi connectivity index (χ4n) is 4.24. The predicted molar refractivity (Wildman–Crippen MR) is 117 cm³/mol. The molecule has 0 aliphatic rings. The normalized spacial score (nSPS) is 12.4. The third-order valence-corrected chi connectivity index (χ3v) is 6.55. The minimum Gasteiger partial charge on any atom is -0.353 e. The van der Waals surface area contributed by atoms with Crippen LogP contribution in [0.5, 0.6) is 0 Å². The van der Waals surface area contributed by atoms with Gasteiger partial charge in [0.1, 0.15) is 4.90 Å². The van der Waals surface area contributed by atoms with E-state index in [-0.39, 0.29) is 27.2 Å². The lowest BCUT2D eigenvalue weighted by molar-refractivity contribution is 0.485. The average Bonchev–Trinajstić information content (AvgIpc) is 2.70. The molecule has 0 bridgehead atoms. The van der Waals surface area contributed by atoms with Crippen molar-refractivity contribution in [2.75, 3.05) is 0 Å². The highest BCUT2D eigenvalue weighted by Crippen LogP contribution is 2.31. The number of H-pyrrole nitrogens is 1. The summed E-state index contributed by atoms with van der Waals surface area (Å²) in [7, 11) is -3.15. The van der Waals surface area contributed by atoms with Crippen molar-refractivity contribution in [3.8, 4) is 0 Å². The summed E-state index contributed by atoms with van der Waals surface area (Å²) in [6.45, 7) is 1.76. The summed E-state index contributed by atoms with van der Waals surface area (Å²) in [5, 5.41) is 0.670. The SMILES string of the molecule is Cc1cccc2c1c(=O)c1c(S(=O)(=O)O)c3[nH]c4ccccc4c(=O)c3cc1n2C. The maximum absolute atomic E-state index is 13.4. The summed E-state index contributed by atoms with van der Waals surface area (Å²) in [5.74, 6) is 0. The summed E-state index contributed by atoms with van der Waals surface area (Å²) in [6, 6.07) is 13.5. The highest BCUT2D eigenvalue weighted by molar-refractivity contribution is 7.86. The molecule has 5 rings (SSSR count). The Hall–Kier alpha value is -3.49. The lowest BCUT2D eigenvalue weighted by atomic mass is 10.0. The number of aromatic amines is 1. The first kappa shape index (κ1) is 18.5. The van der Waals surface area contributed by atoms with Crippen molar-refractivity contribution in [2.45, 2.75) is 11.8 Å². The molecule has 30 heavy (non-hydrogen) atoms. The second kappa shape index (κ2) is 6.01. The molecule has 0 saturated carbocycles. The number of pyridine rings is 2. The van der Waals surface area contributed by atoms with Crippen molar-refractivity contribution >= 4 is 53.7 Å². The number of aromatic nitrogens is 2. The molecule has 5 aromatic rings. The Balaban J connectivity index is 2.23. The number of hydrogen-bond donors (Lipinski definition) is 2. The van der Waals surface area contributed by atoms with Crippen molar-refractivity contribution in [2.24, 2.45) is 7.05 Å². The van der Waals surface area contributed by atoms with Crippen LogP contribution in [0.3, 0.4) is 0 Å². The maximum Gasteiger partial charge on any atom is 0.297 e. The van der Waals surface area contributed by atoms with Crippen molar-refractivity contribution < 1.29 is 13.0 Å². The third kappa shape index (κ3) is 2.38. The summed E-state index contributed by atoms with van der Waals surface area (Å²) >= 11 is 0. The molecular weight excluding hydrogens is 404 g/mol. The van der Waals surface area contributed by atoms with Crippen molar-refractivity contribution in [1.29, 1.82) is 0 Å². The molecule has 2 aromatic heterocycles. The van der Waals surface area contributed by atoms with E-state index in [1.807, 2.05) is 0 Å². The van der Waals surface area contributed by atoms with Gasteiger partial charge in [0.25, 0.3) is 10.1 Å². The monoisotopic (exact) mass is 420 g/mol. The van der Waals surface area contributed by atoms with Gasteiger partial charge in [-0.25, -0.2) is 0 Å². The molecule has 0 spiro atoms. The summed E-state index contributed by atoms with van der Waals surface area (Å²) < 4.78 is 36.7. The Kier molecular flexibility index (Phi) is 3.71. The van der Waals surface area contributed by atoms with Crippen LogP contribution >= 0.6 is 0 Å². The van der Waals surface area contributed by atoms with E-state index in [4.69, 9.17) is 0 Å². The first-order valence-electron chi connectivity index (χ1n) is 9.17. The molecule has 0 fully saturated rings. The van der Waals surface area contributed by atoms with Crippen molar-refractivity contribution in [1.82, 2.24) is 9.55 Å². The topological polar surface area (TPSA) is 109 Å². The molecule has 2 N–H and O–H groups in total. The van der Waals surface area contributed by atoms with Crippen LogP contribution in [-0.4, -0.2) is 22.5 Å². The molecule has 7 nitrogen and oxygen atoms in total. The van der Waals surface area contributed by atoms with E-state index in [9.17, 15) is 22.6 Å². The molecule has 0 aliphatic heterocycles. The number of nitrogens with zero attached hydrogens (tertiary/aromatic N) is 1. The predicted octanol–water partition coefficient (Wildman–Crippen LogP) is 3.24. The van der Waals surface area contributed by atoms with Gasteiger partial charge in [-0.3, -0.25) is 14.1 Å². The van der Waals surface area contributed by atoms with Crippen LogP contribution in [0.4, 0.5) is 0 Å². The lowest BCUT2D eigenvalue weighted by Gasteiger charge is -2.15. The van der Waals surface area contributed by atoms with Crippen LogP contribution in [0.1, 0.15) is 5.56 Å². The van der Waals surface area contributed by atoms with Gasteiger partial charge in [0.05, 0.1) is 21.9 Å². The number of nitrogens with one attached hydrogen (secondary N) is 1. The Morgan fingerprint density at radius 3 is 2.37 bits per heavy atom. The van der Waals surface area contributed by atoms with Crippen LogP contribution < -0.4 is 10.9 Å². The molecule has 8 heteroatoms. The van der Waals surface area contributed by atoms with Gasteiger partial charge in [0.2, 0.25) is 0 Å². The van der Waals surface area contributed by atoms with Gasteiger partial charge in [-0.05, 0) is 36.8 Å². The van der Waals surface area contributed by atoms with Crippen molar-refractivity contribution in [3.05, 3.63) is 74.5 Å². The Bertz CT molecular complexity index is 1780. The van der Waals surface area contributed by atoms with E-state index in [0.29, 0.717) is 27.4 Å². The molecule has 0 unspecified atom stereocenters. The second-order valence-electron chi connectivity index (χ2n) is 7.35. The standard InChI is InChI=1S/C22H16N2O5S/c1-11-6-5-9-15-17(11)21(26)18-16(24(15)2)10-13-19(22(18)30(27,28)29)23-14-8-4-3-7-12(14)20(13)25/h3-10H,1-2H3,(H,23,25)(H,27,28,29). The molecule has 150 valence electrons. The van der Waals surface area contributed by atoms with E-state index in [1.165, 1.54) is 6.07 Å². The molecule has 0 atom stereocenters. The zero-order chi connectivity index (χ0) is 21.4. The minimum absolute atomic E-state index is 0.0795. The van der Waals surface area contributed by atoms with E-state index in [0.717, 1.165) is 0 Å². The first-order valence-corrected chi connectivity index (χ1v) is 10.6. The van der Waals surface area contributed by atoms with E-state index in [1.54, 1.807) is 61.0 Å². The highest BCUT2D eigenvalue weighted by atomic mass is 32.2. The largest absolute Gasteiger partial charge is 0.353 e. The summed E-state index contributed by atoms with van der Waals surface area (Å²) in [4.78, 5) is 28.9. The quantitative estimate of drug-likeness (QED) is 0.320. The Morgan fingerprint density at radius 2 is 1.63 bits per heavy atom. The number of aryl methyl sites for hydroxylation is 2. The van der Waals surface area contributed by atoms with Gasteiger partial charge in [-0.1, -0.05) is 24.3 Å². The van der Waals surface area contributed by atoms with Gasteiger partial charge in [0, 0.05) is 28.7 Å². The van der Waals surface area contributed by atoms with Crippen LogP contribution in [-0.2, 0) is 17.2 Å². The molecule has 0 saturated heterocycles. The van der Waals surface area contributed by atoms with Crippen LogP contribution in [0.25, 0.3) is 43.6 Å². The third-order valence-electron chi connectivity index (χ3n) is 5.62. The molecular formula is C22H16N2O5S. The fourth-order valence-corrected chi connectivity index (χ4v) is 5.12.